The SMILES string of the molecule is CCCCC(=O)NCC(=O)c1cccc(OC)c1. The van der Waals surface area contributed by atoms with Crippen LogP contribution in [-0.4, -0.2) is 25.3 Å². The van der Waals surface area contributed by atoms with Gasteiger partial charge in [0, 0.05) is 12.0 Å². The van der Waals surface area contributed by atoms with Crippen LogP contribution in [0.4, 0.5) is 0 Å². The number of hydrogen-bond donors (Lipinski definition) is 1. The number of methoxy groups -OCH3 is 1. The Balaban J connectivity index is 2.47. The summed E-state index contributed by atoms with van der Waals surface area (Å²) in [6, 6.07) is 6.91. The summed E-state index contributed by atoms with van der Waals surface area (Å²) >= 11 is 0. The lowest BCUT2D eigenvalue weighted by atomic mass is 10.1. The third-order valence-corrected chi connectivity index (χ3v) is 2.60. The molecule has 4 nitrogen and oxygen atoms in total. The van der Waals surface area contributed by atoms with E-state index in [0.29, 0.717) is 17.7 Å². The fourth-order valence-corrected chi connectivity index (χ4v) is 1.50. The van der Waals surface area contributed by atoms with Crippen molar-refractivity contribution in [2.45, 2.75) is 26.2 Å². The largest absolute Gasteiger partial charge is 0.497 e. The maximum Gasteiger partial charge on any atom is 0.220 e. The van der Waals surface area contributed by atoms with E-state index in [1.165, 1.54) is 0 Å². The molecule has 0 spiro atoms. The third-order valence-electron chi connectivity index (χ3n) is 2.60. The van der Waals surface area contributed by atoms with Crippen LogP contribution in [0.2, 0.25) is 0 Å². The number of carbonyl (C=O) groups is 2. The summed E-state index contributed by atoms with van der Waals surface area (Å²) in [4.78, 5) is 23.2. The normalized spacial score (nSPS) is 9.89. The summed E-state index contributed by atoms with van der Waals surface area (Å²) in [5.41, 5.74) is 0.546. The number of hydrogen-bond acceptors (Lipinski definition) is 3. The number of amides is 1. The molecule has 1 N–H and O–H groups in total. The Labute approximate surface area is 107 Å². The van der Waals surface area contributed by atoms with Crippen LogP contribution < -0.4 is 10.1 Å². The first-order chi connectivity index (χ1) is 8.67. The van der Waals surface area contributed by atoms with Crippen LogP contribution in [0.15, 0.2) is 24.3 Å². The van der Waals surface area contributed by atoms with Gasteiger partial charge in [-0.1, -0.05) is 25.5 Å². The zero-order valence-corrected chi connectivity index (χ0v) is 10.9. The van der Waals surface area contributed by atoms with Crippen molar-refractivity contribution in [1.82, 2.24) is 5.32 Å². The Bertz CT molecular complexity index is 415. The smallest absolute Gasteiger partial charge is 0.220 e. The number of rotatable bonds is 7. The summed E-state index contributed by atoms with van der Waals surface area (Å²) in [7, 11) is 1.55. The fraction of sp³-hybridized carbons (Fsp3) is 0.429. The van der Waals surface area contributed by atoms with Gasteiger partial charge in [-0.2, -0.15) is 0 Å². The highest BCUT2D eigenvalue weighted by molar-refractivity contribution is 5.99. The van der Waals surface area contributed by atoms with Gasteiger partial charge in [-0.3, -0.25) is 9.59 Å². The predicted octanol–water partition coefficient (Wildman–Crippen LogP) is 2.18. The lowest BCUT2D eigenvalue weighted by molar-refractivity contribution is -0.121. The Hall–Kier alpha value is -1.84. The van der Waals surface area contributed by atoms with Gasteiger partial charge in [-0.25, -0.2) is 0 Å². The van der Waals surface area contributed by atoms with Gasteiger partial charge in [0.1, 0.15) is 5.75 Å². The van der Waals surface area contributed by atoms with Crippen molar-refractivity contribution in [3.63, 3.8) is 0 Å². The Kier molecular flexibility index (Phi) is 5.91. The second-order valence-electron chi connectivity index (χ2n) is 4.04. The monoisotopic (exact) mass is 249 g/mol. The summed E-state index contributed by atoms with van der Waals surface area (Å²) in [5, 5.41) is 2.62. The minimum Gasteiger partial charge on any atom is -0.497 e. The predicted molar refractivity (Wildman–Crippen MR) is 69.9 cm³/mol. The molecule has 0 saturated carbocycles. The molecule has 0 aromatic heterocycles. The lowest BCUT2D eigenvalue weighted by Crippen LogP contribution is -2.29. The molecule has 0 heterocycles. The Morgan fingerprint density at radius 3 is 2.78 bits per heavy atom. The van der Waals surface area contributed by atoms with E-state index in [9.17, 15) is 9.59 Å². The Morgan fingerprint density at radius 1 is 1.33 bits per heavy atom. The van der Waals surface area contributed by atoms with Crippen molar-refractivity contribution < 1.29 is 14.3 Å². The second-order valence-corrected chi connectivity index (χ2v) is 4.04. The molecule has 98 valence electrons. The quantitative estimate of drug-likeness (QED) is 0.754. The third kappa shape index (κ3) is 4.57. The highest BCUT2D eigenvalue weighted by Crippen LogP contribution is 2.12. The average Bonchev–Trinajstić information content (AvgIpc) is 2.42. The molecule has 18 heavy (non-hydrogen) atoms. The van der Waals surface area contributed by atoms with Gasteiger partial charge in [0.15, 0.2) is 5.78 Å². The minimum absolute atomic E-state index is 0.0374. The van der Waals surface area contributed by atoms with Crippen LogP contribution in [0, 0.1) is 0 Å². The van der Waals surface area contributed by atoms with Gasteiger partial charge >= 0.3 is 0 Å². The number of unbranched alkanes of at least 4 members (excludes halogenated alkanes) is 1. The minimum atomic E-state index is -0.112. The molecule has 0 unspecified atom stereocenters. The number of carbonyl (C=O) groups excluding carboxylic acids is 2. The van der Waals surface area contributed by atoms with Crippen LogP contribution in [0.25, 0.3) is 0 Å². The zero-order valence-electron chi connectivity index (χ0n) is 10.9. The van der Waals surface area contributed by atoms with Crippen LogP contribution in [0.5, 0.6) is 5.75 Å². The van der Waals surface area contributed by atoms with Crippen LogP contribution in [0.3, 0.4) is 0 Å². The fourth-order valence-electron chi connectivity index (χ4n) is 1.50. The van der Waals surface area contributed by atoms with Gasteiger partial charge in [-0.15, -0.1) is 0 Å². The topological polar surface area (TPSA) is 55.4 Å². The molecule has 1 rings (SSSR count). The number of ketones is 1. The second kappa shape index (κ2) is 7.48. The summed E-state index contributed by atoms with van der Waals surface area (Å²) in [5.74, 6) is 0.449. The van der Waals surface area contributed by atoms with Crippen molar-refractivity contribution in [2.24, 2.45) is 0 Å². The van der Waals surface area contributed by atoms with Crippen LogP contribution in [0.1, 0.15) is 36.5 Å². The molecule has 1 aromatic rings. The first-order valence-electron chi connectivity index (χ1n) is 6.11. The highest BCUT2D eigenvalue weighted by atomic mass is 16.5. The molecular formula is C14H19NO3. The lowest BCUT2D eigenvalue weighted by Gasteiger charge is -2.05. The van der Waals surface area contributed by atoms with Crippen molar-refractivity contribution in [1.29, 1.82) is 0 Å². The van der Waals surface area contributed by atoms with E-state index in [-0.39, 0.29) is 18.2 Å². The van der Waals surface area contributed by atoms with Gasteiger partial charge < -0.3 is 10.1 Å². The summed E-state index contributed by atoms with van der Waals surface area (Å²) < 4.78 is 5.04. The molecule has 0 bridgehead atoms. The highest BCUT2D eigenvalue weighted by Gasteiger charge is 2.08. The molecular weight excluding hydrogens is 230 g/mol. The molecule has 0 atom stereocenters. The van der Waals surface area contributed by atoms with Gasteiger partial charge in [0.05, 0.1) is 13.7 Å². The summed E-state index contributed by atoms with van der Waals surface area (Å²) in [6.45, 7) is 2.06. The number of benzene rings is 1. The molecule has 4 heteroatoms. The average molecular weight is 249 g/mol. The standard InChI is InChI=1S/C14H19NO3/c1-3-4-8-14(17)15-10-13(16)11-6-5-7-12(9-11)18-2/h5-7,9H,3-4,8,10H2,1-2H3,(H,15,17). The number of Topliss-reactive ketones (excluding diaryl/α,β-unsaturated/α-hetero) is 1. The van der Waals surface area contributed by atoms with E-state index in [4.69, 9.17) is 4.74 Å². The molecule has 0 saturated heterocycles. The van der Waals surface area contributed by atoms with E-state index < -0.39 is 0 Å². The molecule has 0 radical (unpaired) electrons. The van der Waals surface area contributed by atoms with Crippen LogP contribution in [-0.2, 0) is 4.79 Å². The molecule has 0 aliphatic heterocycles. The Morgan fingerprint density at radius 2 is 2.11 bits per heavy atom. The molecule has 0 fully saturated rings. The maximum atomic E-state index is 11.8. The van der Waals surface area contributed by atoms with Crippen molar-refractivity contribution in [3.8, 4) is 5.75 Å². The van der Waals surface area contributed by atoms with Gasteiger partial charge in [0.2, 0.25) is 5.91 Å². The van der Waals surface area contributed by atoms with E-state index in [0.717, 1.165) is 12.8 Å². The first-order valence-corrected chi connectivity index (χ1v) is 6.11. The number of ether oxygens (including phenoxy) is 1. The van der Waals surface area contributed by atoms with Crippen LogP contribution >= 0.6 is 0 Å². The van der Waals surface area contributed by atoms with Crippen molar-refractivity contribution >= 4 is 11.7 Å². The maximum absolute atomic E-state index is 11.8. The van der Waals surface area contributed by atoms with Crippen molar-refractivity contribution in [3.05, 3.63) is 29.8 Å². The van der Waals surface area contributed by atoms with E-state index in [1.807, 2.05) is 6.92 Å². The van der Waals surface area contributed by atoms with E-state index in [1.54, 1.807) is 31.4 Å². The summed E-state index contributed by atoms with van der Waals surface area (Å²) in [6.07, 6.45) is 2.29. The van der Waals surface area contributed by atoms with Crippen molar-refractivity contribution in [2.75, 3.05) is 13.7 Å². The van der Waals surface area contributed by atoms with Gasteiger partial charge in [0.25, 0.3) is 0 Å². The molecule has 0 aliphatic rings. The molecule has 0 aliphatic carbocycles. The molecule has 1 amide bonds. The van der Waals surface area contributed by atoms with E-state index >= 15 is 0 Å². The molecule has 1 aromatic carbocycles. The number of nitrogens with one attached hydrogen (secondary N) is 1. The van der Waals surface area contributed by atoms with E-state index in [2.05, 4.69) is 5.32 Å². The zero-order chi connectivity index (χ0) is 13.4. The first kappa shape index (κ1) is 14.2. The van der Waals surface area contributed by atoms with Gasteiger partial charge in [-0.05, 0) is 18.6 Å².